The van der Waals surface area contributed by atoms with Crippen molar-refractivity contribution in [2.45, 2.75) is 33.1 Å². The van der Waals surface area contributed by atoms with Gasteiger partial charge in [-0.05, 0) is 12.8 Å². The van der Waals surface area contributed by atoms with Crippen LogP contribution in [-0.4, -0.2) is 78.8 Å². The van der Waals surface area contributed by atoms with Crippen molar-refractivity contribution in [2.24, 2.45) is 0 Å². The number of carbonyl (C=O) groups is 2. The van der Waals surface area contributed by atoms with Crippen molar-refractivity contribution in [1.82, 2.24) is 0 Å². The van der Waals surface area contributed by atoms with E-state index in [0.29, 0.717) is 12.0 Å². The summed E-state index contributed by atoms with van der Waals surface area (Å²) in [6.07, 6.45) is 2.46. The fourth-order valence-corrected chi connectivity index (χ4v) is 0.701. The molecule has 15 heavy (non-hydrogen) atoms. The predicted octanol–water partition coefficient (Wildman–Crippen LogP) is 1.78. The summed E-state index contributed by atoms with van der Waals surface area (Å²) < 4.78 is 0. The van der Waals surface area contributed by atoms with E-state index in [1.807, 2.05) is 13.8 Å². The van der Waals surface area contributed by atoms with Crippen LogP contribution in [0.25, 0.3) is 0 Å². The molecule has 84 valence electrons. The van der Waals surface area contributed by atoms with Gasteiger partial charge < -0.3 is 15.3 Å². The fraction of sp³-hybridized carbons (Fsp3) is 0.556. The zero-order chi connectivity index (χ0) is 11.6. The van der Waals surface area contributed by atoms with Gasteiger partial charge in [-0.3, -0.25) is 0 Å². The van der Waals surface area contributed by atoms with Crippen LogP contribution in [-0.2, 0) is 4.79 Å². The van der Waals surface area contributed by atoms with Gasteiger partial charge >= 0.3 is 63.5 Å². The summed E-state index contributed by atoms with van der Waals surface area (Å²) in [6, 6.07) is 0. The zero-order valence-electron chi connectivity index (χ0n) is 8.36. The van der Waals surface area contributed by atoms with Gasteiger partial charge in [-0.2, -0.15) is 0 Å². The molecule has 5 nitrogen and oxygen atoms in total. The molecular formula is C9H17KO5. The summed E-state index contributed by atoms with van der Waals surface area (Å²) in [7, 11) is 0. The summed E-state index contributed by atoms with van der Waals surface area (Å²) >= 11 is 0. The molecule has 0 spiro atoms. The first-order valence-corrected chi connectivity index (χ1v) is 4.29. The van der Waals surface area contributed by atoms with Crippen LogP contribution in [0.3, 0.4) is 0 Å². The molecule has 0 radical (unpaired) electrons. The second kappa shape index (κ2) is 14.1. The van der Waals surface area contributed by atoms with Crippen LogP contribution in [0.4, 0.5) is 4.79 Å². The monoisotopic (exact) mass is 244 g/mol. The Kier molecular flexibility index (Phi) is 19.3. The Bertz CT molecular complexity index is 209. The Labute approximate surface area is 132 Å². The molecular weight excluding hydrogens is 227 g/mol. The minimum absolute atomic E-state index is 0. The second-order valence-electron chi connectivity index (χ2n) is 2.46. The average Bonchev–Trinajstić information content (AvgIpc) is 2.04. The topological polar surface area (TPSA) is 94.8 Å². The normalized spacial score (nSPS) is 9.33. The van der Waals surface area contributed by atoms with E-state index in [-0.39, 0.29) is 51.4 Å². The van der Waals surface area contributed by atoms with Gasteiger partial charge in [-0.25, -0.2) is 9.59 Å². The van der Waals surface area contributed by atoms with Gasteiger partial charge in [0.2, 0.25) is 0 Å². The number of carboxylic acid groups (broad SMARTS) is 3. The number of carboxylic acids is 1. The van der Waals surface area contributed by atoms with Crippen molar-refractivity contribution in [3.8, 4) is 0 Å². The Morgan fingerprint density at radius 3 is 1.73 bits per heavy atom. The molecule has 0 aliphatic carbocycles. The molecule has 0 amide bonds. The third-order valence-corrected chi connectivity index (χ3v) is 1.34. The molecule has 0 saturated heterocycles. The van der Waals surface area contributed by atoms with Gasteiger partial charge in [0.15, 0.2) is 0 Å². The summed E-state index contributed by atoms with van der Waals surface area (Å²) in [5.74, 6) is -0.782. The number of unbranched alkanes of at least 4 members (excludes halogenated alkanes) is 1. The quantitative estimate of drug-likeness (QED) is 0.517. The molecule has 0 aromatic carbocycles. The SMILES string of the molecule is CCC/C=C(/CC)C(=O)O.O=C(O)O.[KH]. The van der Waals surface area contributed by atoms with E-state index in [1.54, 1.807) is 6.08 Å². The standard InChI is InChI=1S/C8H14O2.CH2O3.K.H/c1-3-5-6-7(4-2)8(9)10;2-1(3)4;;/h6H,3-5H2,1-2H3,(H,9,10);(H2,2,3,4);;/b7-6-;;;. The van der Waals surface area contributed by atoms with E-state index < -0.39 is 12.1 Å². The van der Waals surface area contributed by atoms with Crippen LogP contribution in [0.1, 0.15) is 33.1 Å². The van der Waals surface area contributed by atoms with E-state index >= 15 is 0 Å². The van der Waals surface area contributed by atoms with E-state index in [2.05, 4.69) is 0 Å². The molecule has 0 aromatic heterocycles. The Morgan fingerprint density at radius 2 is 1.53 bits per heavy atom. The first-order chi connectivity index (χ1) is 6.45. The van der Waals surface area contributed by atoms with Crippen LogP contribution in [0.15, 0.2) is 11.6 Å². The van der Waals surface area contributed by atoms with Crippen molar-refractivity contribution < 1.29 is 24.9 Å². The van der Waals surface area contributed by atoms with Crippen LogP contribution >= 0.6 is 0 Å². The molecule has 0 heterocycles. The second-order valence-corrected chi connectivity index (χ2v) is 2.46. The van der Waals surface area contributed by atoms with Gasteiger partial charge in [0, 0.05) is 5.57 Å². The first-order valence-electron chi connectivity index (χ1n) is 4.29. The van der Waals surface area contributed by atoms with Gasteiger partial charge in [0.1, 0.15) is 0 Å². The average molecular weight is 244 g/mol. The number of allylic oxidation sites excluding steroid dienone is 1. The van der Waals surface area contributed by atoms with Gasteiger partial charge in [0.05, 0.1) is 0 Å². The van der Waals surface area contributed by atoms with Crippen LogP contribution in [0.2, 0.25) is 0 Å². The third kappa shape index (κ3) is 20.2. The van der Waals surface area contributed by atoms with Crippen molar-refractivity contribution in [1.29, 1.82) is 0 Å². The Balaban J connectivity index is -0.000000249. The van der Waals surface area contributed by atoms with Crippen molar-refractivity contribution in [3.05, 3.63) is 11.6 Å². The molecule has 6 heteroatoms. The van der Waals surface area contributed by atoms with E-state index in [0.717, 1.165) is 12.8 Å². The fourth-order valence-electron chi connectivity index (χ4n) is 0.701. The van der Waals surface area contributed by atoms with Crippen LogP contribution in [0.5, 0.6) is 0 Å². The van der Waals surface area contributed by atoms with E-state index in [9.17, 15) is 4.79 Å². The van der Waals surface area contributed by atoms with Gasteiger partial charge in [-0.1, -0.05) is 26.3 Å². The number of rotatable bonds is 4. The number of hydrogen-bond donors (Lipinski definition) is 3. The molecule has 3 N–H and O–H groups in total. The van der Waals surface area contributed by atoms with Crippen molar-refractivity contribution >= 4 is 63.5 Å². The number of hydrogen-bond acceptors (Lipinski definition) is 2. The molecule has 0 aromatic rings. The Hall–Kier alpha value is 0.116. The molecule has 0 saturated carbocycles. The molecule has 0 atom stereocenters. The van der Waals surface area contributed by atoms with Gasteiger partial charge in [-0.15, -0.1) is 0 Å². The molecule has 0 fully saturated rings. The zero-order valence-corrected chi connectivity index (χ0v) is 8.36. The van der Waals surface area contributed by atoms with E-state index in [4.69, 9.17) is 20.1 Å². The molecule has 0 aliphatic rings. The summed E-state index contributed by atoms with van der Waals surface area (Å²) in [6.45, 7) is 3.89. The van der Waals surface area contributed by atoms with Crippen LogP contribution in [0, 0.1) is 0 Å². The summed E-state index contributed by atoms with van der Waals surface area (Å²) in [5.41, 5.74) is 0.529. The van der Waals surface area contributed by atoms with Gasteiger partial charge in [0.25, 0.3) is 0 Å². The van der Waals surface area contributed by atoms with E-state index in [1.165, 1.54) is 0 Å². The van der Waals surface area contributed by atoms with Crippen LogP contribution < -0.4 is 0 Å². The maximum absolute atomic E-state index is 10.4. The predicted molar refractivity (Wildman–Crippen MR) is 58.7 cm³/mol. The summed E-state index contributed by atoms with van der Waals surface area (Å²) in [4.78, 5) is 18.9. The van der Waals surface area contributed by atoms with Crippen molar-refractivity contribution in [3.63, 3.8) is 0 Å². The molecule has 0 aliphatic heterocycles. The number of aliphatic carboxylic acids is 1. The first kappa shape index (κ1) is 20.5. The Morgan fingerprint density at radius 1 is 1.13 bits per heavy atom. The third-order valence-electron chi connectivity index (χ3n) is 1.34. The molecule has 0 bridgehead atoms. The van der Waals surface area contributed by atoms with Crippen molar-refractivity contribution in [2.75, 3.05) is 0 Å². The maximum atomic E-state index is 10.4. The minimum atomic E-state index is -1.83. The summed E-state index contributed by atoms with van der Waals surface area (Å²) in [5, 5.41) is 22.5. The molecule has 0 unspecified atom stereocenters. The molecule has 0 rings (SSSR count).